The Morgan fingerprint density at radius 1 is 1.09 bits per heavy atom. The van der Waals surface area contributed by atoms with Crippen molar-refractivity contribution in [3.63, 3.8) is 0 Å². The molecular weight excluding hydrogens is 424 g/mol. The number of fused-ring (bicyclic) bond motifs is 3. The van der Waals surface area contributed by atoms with Crippen LogP contribution in [0.3, 0.4) is 0 Å². The number of benzene rings is 2. The van der Waals surface area contributed by atoms with E-state index in [9.17, 15) is 14.4 Å². The molecule has 0 bridgehead atoms. The van der Waals surface area contributed by atoms with E-state index in [0.717, 1.165) is 22.3 Å². The Kier molecular flexibility index (Phi) is 6.12. The molecule has 4 rings (SSSR count). The first-order valence-corrected chi connectivity index (χ1v) is 10.5. The van der Waals surface area contributed by atoms with Crippen molar-refractivity contribution in [1.82, 2.24) is 15.1 Å². The minimum atomic E-state index is -1.02. The third-order valence-corrected chi connectivity index (χ3v) is 5.59. The third kappa shape index (κ3) is 4.57. The molecule has 0 fully saturated rings. The molecule has 1 aliphatic carbocycles. The monoisotopic (exact) mass is 448 g/mol. The zero-order chi connectivity index (χ0) is 23.5. The fraction of sp³-hybridized carbons (Fsp3) is 0.250. The van der Waals surface area contributed by atoms with Crippen LogP contribution in [-0.2, 0) is 16.6 Å². The lowest BCUT2D eigenvalue weighted by Gasteiger charge is -2.15. The molecule has 0 radical (unpaired) electrons. The highest BCUT2D eigenvalue weighted by atomic mass is 16.5. The third-order valence-electron chi connectivity index (χ3n) is 5.59. The summed E-state index contributed by atoms with van der Waals surface area (Å²) in [5, 5.41) is 18.1. The number of hydrogen-bond acceptors (Lipinski definition) is 5. The topological polar surface area (TPSA) is 123 Å². The van der Waals surface area contributed by atoms with Gasteiger partial charge in [-0.25, -0.2) is 4.79 Å². The molecule has 0 spiro atoms. The highest BCUT2D eigenvalue weighted by Gasteiger charge is 2.29. The van der Waals surface area contributed by atoms with Crippen LogP contribution in [-0.4, -0.2) is 45.5 Å². The molecule has 2 aromatic carbocycles. The van der Waals surface area contributed by atoms with E-state index in [1.807, 2.05) is 36.4 Å². The largest absolute Gasteiger partial charge is 0.481 e. The van der Waals surface area contributed by atoms with Crippen LogP contribution in [0.2, 0.25) is 0 Å². The fourth-order valence-electron chi connectivity index (χ4n) is 4.15. The SMILES string of the molecule is C[C@@H](CC(=O)O)NC(=O)c1c(NC(=O)OCC2c3ccccc3-c3ccccc32)cnn1C. The Morgan fingerprint density at radius 3 is 2.30 bits per heavy atom. The highest BCUT2D eigenvalue weighted by molar-refractivity contribution is 6.01. The van der Waals surface area contributed by atoms with Gasteiger partial charge in [-0.1, -0.05) is 48.5 Å². The van der Waals surface area contributed by atoms with Crippen LogP contribution in [0.5, 0.6) is 0 Å². The molecule has 2 amide bonds. The number of anilines is 1. The molecule has 0 unspecified atom stereocenters. The Balaban J connectivity index is 1.44. The number of aliphatic carboxylic acids is 1. The zero-order valence-electron chi connectivity index (χ0n) is 18.2. The number of aryl methyl sites for hydroxylation is 1. The second-order valence-electron chi connectivity index (χ2n) is 7.95. The number of nitrogens with one attached hydrogen (secondary N) is 2. The summed E-state index contributed by atoms with van der Waals surface area (Å²) in [6.07, 6.45) is 0.411. The molecule has 170 valence electrons. The van der Waals surface area contributed by atoms with Gasteiger partial charge in [-0.2, -0.15) is 5.10 Å². The van der Waals surface area contributed by atoms with Crippen molar-refractivity contribution in [2.75, 3.05) is 11.9 Å². The van der Waals surface area contributed by atoms with Gasteiger partial charge in [0.15, 0.2) is 0 Å². The molecule has 3 N–H and O–H groups in total. The smallest absolute Gasteiger partial charge is 0.411 e. The van der Waals surface area contributed by atoms with Crippen LogP contribution < -0.4 is 10.6 Å². The summed E-state index contributed by atoms with van der Waals surface area (Å²) >= 11 is 0. The van der Waals surface area contributed by atoms with E-state index in [-0.39, 0.29) is 30.3 Å². The Hall–Kier alpha value is -4.14. The number of carboxylic acid groups (broad SMARTS) is 1. The molecule has 9 nitrogen and oxygen atoms in total. The predicted octanol–water partition coefficient (Wildman–Crippen LogP) is 3.37. The van der Waals surface area contributed by atoms with Crippen LogP contribution in [0.4, 0.5) is 10.5 Å². The fourth-order valence-corrected chi connectivity index (χ4v) is 4.15. The van der Waals surface area contributed by atoms with Crippen LogP contribution in [0.25, 0.3) is 11.1 Å². The lowest BCUT2D eigenvalue weighted by molar-refractivity contribution is -0.137. The lowest BCUT2D eigenvalue weighted by atomic mass is 9.98. The molecule has 1 heterocycles. The zero-order valence-corrected chi connectivity index (χ0v) is 18.2. The van der Waals surface area contributed by atoms with Crippen molar-refractivity contribution in [3.8, 4) is 11.1 Å². The van der Waals surface area contributed by atoms with Crippen molar-refractivity contribution in [2.45, 2.75) is 25.3 Å². The second-order valence-corrected chi connectivity index (χ2v) is 7.95. The minimum Gasteiger partial charge on any atom is -0.481 e. The summed E-state index contributed by atoms with van der Waals surface area (Å²) in [6, 6.07) is 15.5. The first-order valence-electron chi connectivity index (χ1n) is 10.5. The number of rotatable bonds is 7. The number of carboxylic acids is 1. The Labute approximate surface area is 190 Å². The molecular formula is C24H24N4O5. The lowest BCUT2D eigenvalue weighted by Crippen LogP contribution is -2.35. The molecule has 9 heteroatoms. The van der Waals surface area contributed by atoms with Crippen molar-refractivity contribution in [3.05, 3.63) is 71.5 Å². The van der Waals surface area contributed by atoms with Gasteiger partial charge in [-0.15, -0.1) is 0 Å². The van der Waals surface area contributed by atoms with Crippen molar-refractivity contribution in [2.24, 2.45) is 7.05 Å². The van der Waals surface area contributed by atoms with E-state index in [4.69, 9.17) is 9.84 Å². The van der Waals surface area contributed by atoms with Crippen LogP contribution in [0, 0.1) is 0 Å². The highest BCUT2D eigenvalue weighted by Crippen LogP contribution is 2.44. The van der Waals surface area contributed by atoms with E-state index in [1.165, 1.54) is 10.9 Å². The number of carbonyl (C=O) groups excluding carboxylic acids is 2. The maximum Gasteiger partial charge on any atom is 0.411 e. The first kappa shape index (κ1) is 22.1. The Bertz CT molecular complexity index is 1170. The number of ether oxygens (including phenoxy) is 1. The summed E-state index contributed by atoms with van der Waals surface area (Å²) in [4.78, 5) is 36.0. The van der Waals surface area contributed by atoms with Gasteiger partial charge < -0.3 is 15.2 Å². The van der Waals surface area contributed by atoms with Crippen LogP contribution in [0.1, 0.15) is 40.9 Å². The second kappa shape index (κ2) is 9.15. The van der Waals surface area contributed by atoms with E-state index < -0.39 is 24.0 Å². The van der Waals surface area contributed by atoms with Gasteiger partial charge >= 0.3 is 12.1 Å². The molecule has 0 aliphatic heterocycles. The summed E-state index contributed by atoms with van der Waals surface area (Å²) < 4.78 is 6.83. The van der Waals surface area contributed by atoms with Crippen LogP contribution >= 0.6 is 0 Å². The van der Waals surface area contributed by atoms with Crippen LogP contribution in [0.15, 0.2) is 54.7 Å². The van der Waals surface area contributed by atoms with Crippen molar-refractivity contribution >= 4 is 23.7 Å². The Morgan fingerprint density at radius 2 is 1.70 bits per heavy atom. The molecule has 0 saturated heterocycles. The summed E-state index contributed by atoms with van der Waals surface area (Å²) in [6.45, 7) is 1.72. The van der Waals surface area contributed by atoms with Gasteiger partial charge in [-0.05, 0) is 29.2 Å². The summed E-state index contributed by atoms with van der Waals surface area (Å²) in [5.41, 5.74) is 4.73. The van der Waals surface area contributed by atoms with E-state index in [0.29, 0.717) is 0 Å². The average molecular weight is 448 g/mol. The standard InChI is InChI=1S/C24H24N4O5/c1-14(11-21(29)30)26-23(31)22-20(12-25-28(22)2)27-24(32)33-13-19-17-9-5-3-7-15(17)16-8-4-6-10-18(16)19/h3-10,12,14,19H,11,13H2,1-2H3,(H,26,31)(H,27,32)(H,29,30)/t14-/m0/s1. The number of hydrogen-bond donors (Lipinski definition) is 3. The molecule has 1 atom stereocenters. The quantitative estimate of drug-likeness (QED) is 0.509. The number of aromatic nitrogens is 2. The maximum absolute atomic E-state index is 12.6. The maximum atomic E-state index is 12.6. The van der Waals surface area contributed by atoms with E-state index in [1.54, 1.807) is 14.0 Å². The summed E-state index contributed by atoms with van der Waals surface area (Å²) in [7, 11) is 1.56. The van der Waals surface area contributed by atoms with Gasteiger partial charge in [0.2, 0.25) is 0 Å². The van der Waals surface area contributed by atoms with E-state index >= 15 is 0 Å². The van der Waals surface area contributed by atoms with Gasteiger partial charge in [-0.3, -0.25) is 19.6 Å². The molecule has 33 heavy (non-hydrogen) atoms. The van der Waals surface area contributed by atoms with Gasteiger partial charge in [0.05, 0.1) is 18.3 Å². The van der Waals surface area contributed by atoms with Crippen molar-refractivity contribution < 1.29 is 24.2 Å². The summed E-state index contributed by atoms with van der Waals surface area (Å²) in [5.74, 6) is -1.65. The van der Waals surface area contributed by atoms with Gasteiger partial charge in [0, 0.05) is 19.0 Å². The molecule has 1 aromatic heterocycles. The normalized spacial score (nSPS) is 13.0. The van der Waals surface area contributed by atoms with E-state index in [2.05, 4.69) is 27.9 Å². The first-order chi connectivity index (χ1) is 15.8. The van der Waals surface area contributed by atoms with Crippen molar-refractivity contribution in [1.29, 1.82) is 0 Å². The van der Waals surface area contributed by atoms with Gasteiger partial charge in [0.25, 0.3) is 5.91 Å². The van der Waals surface area contributed by atoms with Gasteiger partial charge in [0.1, 0.15) is 12.3 Å². The number of carbonyl (C=O) groups is 3. The number of nitrogens with zero attached hydrogens (tertiary/aromatic N) is 2. The molecule has 0 saturated carbocycles. The average Bonchev–Trinajstić information content (AvgIpc) is 3.29. The number of amides is 2. The molecule has 1 aliphatic rings. The predicted molar refractivity (Wildman–Crippen MR) is 121 cm³/mol. The molecule has 3 aromatic rings. The minimum absolute atomic E-state index is 0.0864.